The summed E-state index contributed by atoms with van der Waals surface area (Å²) in [5.41, 5.74) is 29.9. The number of hydrogen-bond acceptors (Lipinski definition) is 11. The zero-order chi connectivity index (χ0) is 91.7. The Morgan fingerprint density at radius 1 is 0.266 bits per heavy atom. The van der Waals surface area contributed by atoms with E-state index in [0.717, 1.165) is 192 Å². The Morgan fingerprint density at radius 3 is 0.758 bits per heavy atom. The van der Waals surface area contributed by atoms with Crippen LogP contribution in [0.2, 0.25) is 0 Å². The number of phenols is 2. The van der Waals surface area contributed by atoms with Crippen LogP contribution in [0, 0.1) is 0 Å². The molecule has 24 bridgehead atoms. The minimum absolute atomic E-state index is 0.223. The molecule has 0 amide bonds. The standard InChI is InChI=1S/C117H143NO10/c1-25-40-125-104-77-36-32-38-79(104)49-81-43-72(44-82(103(81)120)50-80-39-33-37-78(105(80)126-41-26-2)48-76-35-31-34-75(47-77)102(76)119)69-118-101-45-73-42-74(46-101)71-128-111-92-55-90-64-98(115(16,17)18)62-88(109(90)124-30-6)53-86-60-96(113(10,11)12)58-84(107(86)122-28-4)51-83-57-95(112(7,8)9)59-85(106(83)121-27-3)52-87-61-97(114(13,14)15)63-89(108(87)123-29-5)54-91-65-99(116(19,20)21)67-93(110(91)127-70-73)56-94(111)68-100(66-92)117(22,23)24/h31-39,42-46,57-68,118-120H,25-30,40-41,47-56,69-71H2,1-24H3. The number of fused-ring (bicyclic) bond motifs is 18. The minimum Gasteiger partial charge on any atom is -0.507 e. The molecule has 0 unspecified atom stereocenters. The van der Waals surface area contributed by atoms with Crippen LogP contribution in [-0.2, 0) is 116 Å². The molecular formula is C117H143NO10. The summed E-state index contributed by atoms with van der Waals surface area (Å²) >= 11 is 0. The minimum atomic E-state index is -0.281. The molecular weight excluding hydrogens is 1580 g/mol. The van der Waals surface area contributed by atoms with E-state index >= 15 is 0 Å². The summed E-state index contributed by atoms with van der Waals surface area (Å²) < 4.78 is 58.0. The van der Waals surface area contributed by atoms with Crippen molar-refractivity contribution in [1.29, 1.82) is 0 Å². The molecule has 3 aliphatic rings. The zero-order valence-electron chi connectivity index (χ0n) is 81.5. The van der Waals surface area contributed by atoms with E-state index < -0.39 is 0 Å². The lowest BCUT2D eigenvalue weighted by Gasteiger charge is -2.29. The van der Waals surface area contributed by atoms with E-state index in [1.54, 1.807) is 0 Å². The first-order chi connectivity index (χ1) is 60.7. The normalized spacial score (nSPS) is 13.9. The Hall–Kier alpha value is -10.8. The monoisotopic (exact) mass is 1720 g/mol. The summed E-state index contributed by atoms with van der Waals surface area (Å²) in [6.07, 6.45) is 6.59. The lowest BCUT2D eigenvalue weighted by atomic mass is 9.79. The van der Waals surface area contributed by atoms with Gasteiger partial charge in [0.1, 0.15) is 70.7 Å². The Bertz CT molecular complexity index is 5550. The first kappa shape index (κ1) is 93.4. The first-order valence-corrected chi connectivity index (χ1v) is 47.4. The second kappa shape index (κ2) is 38.1. The van der Waals surface area contributed by atoms with Crippen molar-refractivity contribution >= 4 is 5.69 Å². The summed E-state index contributed by atoms with van der Waals surface area (Å²) in [5.74, 6) is 7.33. The highest BCUT2D eigenvalue weighted by Crippen LogP contribution is 2.49. The molecule has 11 heteroatoms. The predicted octanol–water partition coefficient (Wildman–Crippen LogP) is 27.7. The highest BCUT2D eigenvalue weighted by Gasteiger charge is 2.34. The Labute approximate surface area is 766 Å². The Kier molecular flexibility index (Phi) is 27.8. The van der Waals surface area contributed by atoms with Crippen LogP contribution in [-0.4, -0.2) is 49.9 Å². The average molecular weight is 1720 g/mol. The van der Waals surface area contributed by atoms with E-state index in [1.165, 1.54) is 33.4 Å². The van der Waals surface area contributed by atoms with E-state index in [9.17, 15) is 10.2 Å². The van der Waals surface area contributed by atoms with Gasteiger partial charge in [0.2, 0.25) is 0 Å². The second-order valence-electron chi connectivity index (χ2n) is 42.4. The van der Waals surface area contributed by atoms with Crippen LogP contribution in [0.5, 0.6) is 57.5 Å². The number of hydrogen-bond donors (Lipinski definition) is 3. The second-order valence-corrected chi connectivity index (χ2v) is 42.4. The molecule has 14 rings (SSSR count). The van der Waals surface area contributed by atoms with Crippen LogP contribution in [0.25, 0.3) is 0 Å². The van der Waals surface area contributed by atoms with Gasteiger partial charge in [0.25, 0.3) is 0 Å². The van der Waals surface area contributed by atoms with Crippen LogP contribution < -0.4 is 43.2 Å². The quantitative estimate of drug-likeness (QED) is 0.0807. The van der Waals surface area contributed by atoms with Crippen LogP contribution in [0.3, 0.4) is 0 Å². The third kappa shape index (κ3) is 21.2. The van der Waals surface area contributed by atoms with Gasteiger partial charge in [0.05, 0.1) is 39.6 Å². The highest BCUT2D eigenvalue weighted by atomic mass is 16.5. The Morgan fingerprint density at radius 2 is 0.492 bits per heavy atom. The molecule has 0 radical (unpaired) electrons. The number of rotatable bonds is 17. The average Bonchev–Trinajstić information content (AvgIpc) is 0.758. The molecule has 2 aliphatic carbocycles. The van der Waals surface area contributed by atoms with Gasteiger partial charge in [-0.1, -0.05) is 266 Å². The van der Waals surface area contributed by atoms with Crippen LogP contribution in [0.1, 0.15) is 340 Å². The fourth-order valence-corrected chi connectivity index (χ4v) is 18.7. The molecule has 0 saturated heterocycles. The van der Waals surface area contributed by atoms with E-state index in [0.29, 0.717) is 110 Å². The van der Waals surface area contributed by atoms with Gasteiger partial charge in [-0.25, -0.2) is 0 Å². The maximum Gasteiger partial charge on any atom is 0.126 e. The number of benzene rings is 11. The van der Waals surface area contributed by atoms with Crippen LogP contribution in [0.4, 0.5) is 5.69 Å². The SMILES string of the molecule is CCCOc1c2cccc1Cc1cc(CNc3cc4cc(c3)COc3c5cc(C(C)(C)C)cc3Cc3cc(C(C)(C)C)cc(c3OC4)Cc3cc(C(C)(C)C)cc(c3OCC)Cc3cc(C(C)(C)C)cc(c3OCC)Cc3cc(C(C)(C)C)cc(c3OCC)Cc3cc(C(C)(C)C)cc(c3OCC)C5)cc(c1O)Cc1cccc(c1OCCC)Cc1cccc(c1O)C2. The van der Waals surface area contributed by atoms with Crippen LogP contribution >= 0.6 is 0 Å². The van der Waals surface area contributed by atoms with E-state index in [-0.39, 0.29) is 57.2 Å². The molecule has 0 saturated carbocycles. The fraction of sp³-hybridized carbons (Fsp3) is 0.436. The molecule has 11 aromatic rings. The lowest BCUT2D eigenvalue weighted by Crippen LogP contribution is -2.18. The van der Waals surface area contributed by atoms with Crippen molar-refractivity contribution < 1.29 is 48.1 Å². The molecule has 1 heterocycles. The molecule has 0 spiro atoms. The summed E-state index contributed by atoms with van der Waals surface area (Å²) in [6.45, 7) is 58.5. The summed E-state index contributed by atoms with van der Waals surface area (Å²) in [6, 6.07) is 58.8. The van der Waals surface area contributed by atoms with Gasteiger partial charge in [-0.05, 0) is 265 Å². The van der Waals surface area contributed by atoms with Gasteiger partial charge in [0.15, 0.2) is 0 Å². The highest BCUT2D eigenvalue weighted by molar-refractivity contribution is 5.64. The van der Waals surface area contributed by atoms with Gasteiger partial charge < -0.3 is 53.4 Å². The number of anilines is 1. The smallest absolute Gasteiger partial charge is 0.126 e. The van der Waals surface area contributed by atoms with Crippen molar-refractivity contribution in [3.05, 3.63) is 319 Å². The van der Waals surface area contributed by atoms with E-state index in [4.69, 9.17) is 37.9 Å². The van der Waals surface area contributed by atoms with Crippen molar-refractivity contribution in [3.63, 3.8) is 0 Å². The molecule has 1 aliphatic heterocycles. The van der Waals surface area contributed by atoms with Gasteiger partial charge in [-0.2, -0.15) is 0 Å². The van der Waals surface area contributed by atoms with Gasteiger partial charge in [-0.15, -0.1) is 0 Å². The third-order valence-corrected chi connectivity index (χ3v) is 25.7. The van der Waals surface area contributed by atoms with Gasteiger partial charge >= 0.3 is 0 Å². The number of ether oxygens (including phenoxy) is 8. The lowest BCUT2D eigenvalue weighted by molar-refractivity contribution is 0.290. The molecule has 0 atom stereocenters. The zero-order valence-corrected chi connectivity index (χ0v) is 81.5. The van der Waals surface area contributed by atoms with Crippen molar-refractivity contribution in [2.75, 3.05) is 45.0 Å². The molecule has 3 N–H and O–H groups in total. The fourth-order valence-electron chi connectivity index (χ4n) is 18.7. The van der Waals surface area contributed by atoms with Crippen LogP contribution in [0.15, 0.2) is 158 Å². The maximum absolute atomic E-state index is 13.0. The molecule has 0 aromatic heterocycles. The molecule has 0 fully saturated rings. The molecule has 128 heavy (non-hydrogen) atoms. The molecule has 11 aromatic carbocycles. The van der Waals surface area contributed by atoms with E-state index in [2.05, 4.69) is 311 Å². The topological polar surface area (TPSA) is 126 Å². The number of phenolic OH excluding ortho intramolecular Hbond substituents is 2. The number of para-hydroxylation sites is 3. The van der Waals surface area contributed by atoms with Gasteiger partial charge in [0, 0.05) is 76.4 Å². The number of aromatic hydroxyl groups is 2. The van der Waals surface area contributed by atoms with Gasteiger partial charge in [-0.3, -0.25) is 0 Å². The summed E-state index contributed by atoms with van der Waals surface area (Å²) in [5, 5.41) is 29.1. The maximum atomic E-state index is 13.0. The summed E-state index contributed by atoms with van der Waals surface area (Å²) in [7, 11) is 0. The molecule has 676 valence electrons. The third-order valence-electron chi connectivity index (χ3n) is 25.7. The first-order valence-electron chi connectivity index (χ1n) is 47.4. The molecule has 11 nitrogen and oxygen atoms in total. The summed E-state index contributed by atoms with van der Waals surface area (Å²) in [4.78, 5) is 0. The van der Waals surface area contributed by atoms with Crippen molar-refractivity contribution in [3.8, 4) is 57.5 Å². The van der Waals surface area contributed by atoms with Crippen molar-refractivity contribution in [2.24, 2.45) is 0 Å². The largest absolute Gasteiger partial charge is 0.507 e. The predicted molar refractivity (Wildman–Crippen MR) is 527 cm³/mol. The number of nitrogens with one attached hydrogen (secondary N) is 1. The van der Waals surface area contributed by atoms with E-state index in [1.807, 2.05) is 18.2 Å². The van der Waals surface area contributed by atoms with Crippen molar-refractivity contribution in [1.82, 2.24) is 0 Å². The van der Waals surface area contributed by atoms with Crippen molar-refractivity contribution in [2.45, 2.75) is 295 Å². The Balaban J connectivity index is 1.00.